The van der Waals surface area contributed by atoms with Crippen LogP contribution in [0.1, 0.15) is 27.9 Å². The zero-order chi connectivity index (χ0) is 21.9. The Bertz CT molecular complexity index is 1100. The first-order valence-corrected chi connectivity index (χ1v) is 11.4. The van der Waals surface area contributed by atoms with Crippen molar-refractivity contribution in [3.8, 4) is 0 Å². The number of aryl methyl sites for hydroxylation is 2. The molecule has 160 valence electrons. The molecule has 2 aromatic carbocycles. The number of halogens is 1. The van der Waals surface area contributed by atoms with E-state index in [2.05, 4.69) is 26.6 Å². The second-order valence-electron chi connectivity index (χ2n) is 8.80. The number of carbonyl (C=O) groups excluding carboxylic acids is 3. The monoisotopic (exact) mass is 482 g/mol. The highest BCUT2D eigenvalue weighted by atomic mass is 79.9. The van der Waals surface area contributed by atoms with Gasteiger partial charge >= 0.3 is 5.97 Å². The van der Waals surface area contributed by atoms with Gasteiger partial charge in [0.15, 0.2) is 0 Å². The first kappa shape index (κ1) is 20.2. The van der Waals surface area contributed by atoms with Crippen molar-refractivity contribution in [1.29, 1.82) is 0 Å². The van der Waals surface area contributed by atoms with Crippen LogP contribution in [0.5, 0.6) is 0 Å². The lowest BCUT2D eigenvalue weighted by atomic mass is 9.79. The average Bonchev–Trinajstić information content (AvgIpc) is 3.34. The highest BCUT2D eigenvalue weighted by molar-refractivity contribution is 9.09. The lowest BCUT2D eigenvalue weighted by molar-refractivity contribution is -0.145. The van der Waals surface area contributed by atoms with E-state index in [0.29, 0.717) is 11.3 Å². The highest BCUT2D eigenvalue weighted by Gasteiger charge is 2.67. The first-order chi connectivity index (χ1) is 14.8. The van der Waals surface area contributed by atoms with Crippen molar-refractivity contribution in [2.24, 2.45) is 23.7 Å². The van der Waals surface area contributed by atoms with Crippen LogP contribution in [-0.2, 0) is 14.3 Å². The smallest absolute Gasteiger partial charge is 0.310 e. The summed E-state index contributed by atoms with van der Waals surface area (Å²) in [6.07, 6.45) is 0.719. The Balaban J connectivity index is 1.31. The Hall–Kier alpha value is -2.67. The van der Waals surface area contributed by atoms with Crippen molar-refractivity contribution in [2.45, 2.75) is 31.2 Å². The molecule has 1 aliphatic heterocycles. The summed E-state index contributed by atoms with van der Waals surface area (Å²) in [4.78, 5) is 38.2. The van der Waals surface area contributed by atoms with Gasteiger partial charge in [-0.25, -0.2) is 0 Å². The largest absolute Gasteiger partial charge is 0.461 e. The molecule has 2 N–H and O–H groups in total. The number of hydrogen-bond donors (Lipinski definition) is 2. The number of benzene rings is 2. The molecule has 7 heteroatoms. The van der Waals surface area contributed by atoms with Crippen LogP contribution in [0, 0.1) is 37.5 Å². The summed E-state index contributed by atoms with van der Waals surface area (Å²) >= 11 is 3.63. The van der Waals surface area contributed by atoms with Gasteiger partial charge in [-0.2, -0.15) is 0 Å². The number of anilines is 2. The predicted octanol–water partition coefficient (Wildman–Crippen LogP) is 4.07. The van der Waals surface area contributed by atoms with Gasteiger partial charge in [-0.3, -0.25) is 14.4 Å². The minimum atomic E-state index is -0.409. The third-order valence-electron chi connectivity index (χ3n) is 6.85. The summed E-state index contributed by atoms with van der Waals surface area (Å²) < 4.78 is 5.49. The number of hydrogen-bond acceptors (Lipinski definition) is 4. The van der Waals surface area contributed by atoms with E-state index >= 15 is 0 Å². The number of nitrogens with one attached hydrogen (secondary N) is 2. The molecule has 1 saturated heterocycles. The summed E-state index contributed by atoms with van der Waals surface area (Å²) in [7, 11) is 0. The maximum Gasteiger partial charge on any atom is 0.310 e. The van der Waals surface area contributed by atoms with Crippen LogP contribution in [-0.4, -0.2) is 28.7 Å². The molecule has 3 fully saturated rings. The fourth-order valence-electron chi connectivity index (χ4n) is 5.44. The molecule has 2 aliphatic carbocycles. The van der Waals surface area contributed by atoms with Crippen LogP contribution in [0.15, 0.2) is 42.5 Å². The summed E-state index contributed by atoms with van der Waals surface area (Å²) in [5.41, 5.74) is 3.85. The second-order valence-corrected chi connectivity index (χ2v) is 9.86. The van der Waals surface area contributed by atoms with E-state index in [0.717, 1.165) is 23.2 Å². The van der Waals surface area contributed by atoms with Crippen LogP contribution in [0.3, 0.4) is 0 Å². The van der Waals surface area contributed by atoms with Crippen LogP contribution in [0.4, 0.5) is 11.4 Å². The minimum absolute atomic E-state index is 0.0193. The van der Waals surface area contributed by atoms with Gasteiger partial charge in [0.2, 0.25) is 5.91 Å². The third-order valence-corrected chi connectivity index (χ3v) is 8.05. The van der Waals surface area contributed by atoms with Crippen LogP contribution < -0.4 is 10.6 Å². The molecule has 2 aromatic rings. The van der Waals surface area contributed by atoms with Crippen molar-refractivity contribution in [3.05, 3.63) is 59.2 Å². The van der Waals surface area contributed by atoms with E-state index < -0.39 is 5.92 Å². The van der Waals surface area contributed by atoms with E-state index in [9.17, 15) is 14.4 Å². The van der Waals surface area contributed by atoms with Crippen molar-refractivity contribution in [3.63, 3.8) is 0 Å². The fourth-order valence-corrected chi connectivity index (χ4v) is 6.49. The molecule has 3 aliphatic rings. The zero-order valence-corrected chi connectivity index (χ0v) is 18.8. The van der Waals surface area contributed by atoms with Gasteiger partial charge in [-0.15, -0.1) is 0 Å². The van der Waals surface area contributed by atoms with Gasteiger partial charge in [-0.1, -0.05) is 39.7 Å². The maximum absolute atomic E-state index is 13.1. The molecular formula is C24H23BrN2O4. The number of alkyl halides is 1. The zero-order valence-electron chi connectivity index (χ0n) is 17.2. The lowest BCUT2D eigenvalue weighted by Gasteiger charge is -2.27. The van der Waals surface area contributed by atoms with Gasteiger partial charge in [0.25, 0.3) is 5.91 Å². The van der Waals surface area contributed by atoms with E-state index in [1.807, 2.05) is 32.0 Å². The molecule has 1 heterocycles. The molecule has 0 aromatic heterocycles. The number of esters is 1. The molecule has 5 rings (SSSR count). The van der Waals surface area contributed by atoms with Crippen molar-refractivity contribution in [2.75, 3.05) is 10.6 Å². The number of rotatable bonds is 4. The van der Waals surface area contributed by atoms with E-state index in [1.54, 1.807) is 24.3 Å². The standard InChI is InChI=1S/C24H23BrN2O4/c1-11-6-7-17(12(2)8-11)27-22(28)13-4-3-5-14(9-13)26-23(29)18-15-10-16-19(18)24(30)31-21(16)20(15)25/h3-9,15-16,18-21H,10H2,1-2H3,(H,26,29)(H,27,28)/t15-,16-,18-,19+,20+,21+/m1/s1. The number of ether oxygens (including phenoxy) is 1. The Labute approximate surface area is 188 Å². The van der Waals surface area contributed by atoms with Gasteiger partial charge in [0.1, 0.15) is 6.10 Å². The van der Waals surface area contributed by atoms with Crippen molar-refractivity contribution < 1.29 is 19.1 Å². The van der Waals surface area contributed by atoms with E-state index in [4.69, 9.17) is 4.74 Å². The van der Waals surface area contributed by atoms with Gasteiger partial charge in [-0.05, 0) is 56.0 Å². The molecular weight excluding hydrogens is 460 g/mol. The lowest BCUT2D eigenvalue weighted by Crippen LogP contribution is -2.40. The SMILES string of the molecule is Cc1ccc(NC(=O)c2cccc(NC(=O)[C@@H]3[C@H]4C[C@H]5[C@H](OC(=O)[C@@H]53)[C@H]4Br)c2)c(C)c1. The molecule has 2 saturated carbocycles. The summed E-state index contributed by atoms with van der Waals surface area (Å²) in [6.45, 7) is 3.95. The summed E-state index contributed by atoms with van der Waals surface area (Å²) in [5, 5.41) is 5.85. The molecule has 2 amide bonds. The summed E-state index contributed by atoms with van der Waals surface area (Å²) in [5.74, 6) is -1.26. The van der Waals surface area contributed by atoms with Crippen LogP contribution >= 0.6 is 15.9 Å². The Kier molecular flexibility index (Phi) is 4.88. The molecule has 6 atom stereocenters. The molecule has 0 radical (unpaired) electrons. The van der Waals surface area contributed by atoms with Crippen LogP contribution in [0.2, 0.25) is 0 Å². The molecule has 31 heavy (non-hydrogen) atoms. The highest BCUT2D eigenvalue weighted by Crippen LogP contribution is 2.60. The molecule has 6 nitrogen and oxygen atoms in total. The maximum atomic E-state index is 13.1. The van der Waals surface area contributed by atoms with E-state index in [-0.39, 0.29) is 46.5 Å². The number of amides is 2. The topological polar surface area (TPSA) is 84.5 Å². The Morgan fingerprint density at radius 2 is 1.87 bits per heavy atom. The normalized spacial score (nSPS) is 30.2. The minimum Gasteiger partial charge on any atom is -0.461 e. The molecule has 2 bridgehead atoms. The molecule has 0 unspecified atom stereocenters. The van der Waals surface area contributed by atoms with Crippen molar-refractivity contribution in [1.82, 2.24) is 0 Å². The van der Waals surface area contributed by atoms with Gasteiger partial charge < -0.3 is 15.4 Å². The molecule has 0 spiro atoms. The first-order valence-electron chi connectivity index (χ1n) is 10.5. The van der Waals surface area contributed by atoms with Gasteiger partial charge in [0, 0.05) is 22.9 Å². The van der Waals surface area contributed by atoms with Crippen LogP contribution in [0.25, 0.3) is 0 Å². The van der Waals surface area contributed by atoms with Crippen molar-refractivity contribution >= 4 is 45.1 Å². The Morgan fingerprint density at radius 3 is 2.65 bits per heavy atom. The fraction of sp³-hybridized carbons (Fsp3) is 0.375. The Morgan fingerprint density at radius 1 is 1.06 bits per heavy atom. The third kappa shape index (κ3) is 3.35. The average molecular weight is 483 g/mol. The second kappa shape index (κ2) is 7.48. The summed E-state index contributed by atoms with van der Waals surface area (Å²) in [6, 6.07) is 12.7. The predicted molar refractivity (Wildman–Crippen MR) is 120 cm³/mol. The van der Waals surface area contributed by atoms with E-state index in [1.165, 1.54) is 0 Å². The quantitative estimate of drug-likeness (QED) is 0.508. The number of carbonyl (C=O) groups is 3. The van der Waals surface area contributed by atoms with Gasteiger partial charge in [0.05, 0.1) is 16.7 Å². The number of fused-ring (bicyclic) bond motifs is 1.